The summed E-state index contributed by atoms with van der Waals surface area (Å²) in [7, 11) is 1.50. The number of esters is 1. The van der Waals surface area contributed by atoms with Gasteiger partial charge in [-0.1, -0.05) is 42.5 Å². The minimum absolute atomic E-state index is 0.382. The zero-order valence-corrected chi connectivity index (χ0v) is 15.2. The number of nitrogens with one attached hydrogen (secondary N) is 1. The molecule has 0 aliphatic rings. The van der Waals surface area contributed by atoms with E-state index in [4.69, 9.17) is 9.47 Å². The summed E-state index contributed by atoms with van der Waals surface area (Å²) in [5, 5.41) is 3.95. The van der Waals surface area contributed by atoms with E-state index in [0.717, 1.165) is 0 Å². The van der Waals surface area contributed by atoms with Gasteiger partial charge in [-0.25, -0.2) is 10.2 Å². The number of rotatable bonds is 6. The summed E-state index contributed by atoms with van der Waals surface area (Å²) in [6, 6.07) is 22.4. The predicted molar refractivity (Wildman–Crippen MR) is 106 cm³/mol. The maximum absolute atomic E-state index is 12.2. The van der Waals surface area contributed by atoms with Gasteiger partial charge in [0.25, 0.3) is 5.91 Å². The number of hydrogen-bond donors (Lipinski definition) is 1. The van der Waals surface area contributed by atoms with Crippen molar-refractivity contribution in [1.29, 1.82) is 0 Å². The van der Waals surface area contributed by atoms with Crippen LogP contribution in [0.2, 0.25) is 0 Å². The molecule has 0 unspecified atom stereocenters. The first-order valence-electron chi connectivity index (χ1n) is 8.51. The molecule has 1 amide bonds. The first-order chi connectivity index (χ1) is 13.7. The van der Waals surface area contributed by atoms with Crippen molar-refractivity contribution in [3.8, 4) is 11.5 Å². The monoisotopic (exact) mass is 374 g/mol. The molecule has 0 saturated carbocycles. The summed E-state index contributed by atoms with van der Waals surface area (Å²) in [6.07, 6.45) is 1.47. The third-order valence-electron chi connectivity index (χ3n) is 3.81. The molecule has 0 heterocycles. The molecule has 0 spiro atoms. The fraction of sp³-hybridized carbons (Fsp3) is 0.0455. The van der Waals surface area contributed by atoms with Crippen LogP contribution in [0.3, 0.4) is 0 Å². The molecule has 0 atom stereocenters. The van der Waals surface area contributed by atoms with Gasteiger partial charge in [0.1, 0.15) is 11.5 Å². The quantitative estimate of drug-likeness (QED) is 0.309. The lowest BCUT2D eigenvalue weighted by atomic mass is 10.2. The minimum atomic E-state index is -0.445. The topological polar surface area (TPSA) is 77.0 Å². The van der Waals surface area contributed by atoms with Crippen LogP contribution in [-0.2, 0) is 0 Å². The Morgan fingerprint density at radius 1 is 0.929 bits per heavy atom. The van der Waals surface area contributed by atoms with Crippen molar-refractivity contribution in [1.82, 2.24) is 5.43 Å². The zero-order valence-electron chi connectivity index (χ0n) is 15.2. The Labute approximate surface area is 162 Å². The van der Waals surface area contributed by atoms with Crippen LogP contribution in [0.25, 0.3) is 0 Å². The van der Waals surface area contributed by atoms with Crippen LogP contribution in [0.15, 0.2) is 84.0 Å². The van der Waals surface area contributed by atoms with Crippen LogP contribution in [0.4, 0.5) is 0 Å². The Hall–Kier alpha value is -3.93. The molecule has 0 aliphatic heterocycles. The summed E-state index contributed by atoms with van der Waals surface area (Å²) < 4.78 is 10.5. The molecule has 140 valence electrons. The fourth-order valence-corrected chi connectivity index (χ4v) is 2.46. The summed E-state index contributed by atoms with van der Waals surface area (Å²) in [5.41, 5.74) is 3.96. The van der Waals surface area contributed by atoms with Crippen LogP contribution >= 0.6 is 0 Å². The summed E-state index contributed by atoms with van der Waals surface area (Å²) in [6.45, 7) is 0. The van der Waals surface area contributed by atoms with E-state index in [-0.39, 0.29) is 5.91 Å². The van der Waals surface area contributed by atoms with Crippen molar-refractivity contribution in [2.24, 2.45) is 5.10 Å². The Morgan fingerprint density at radius 3 is 2.46 bits per heavy atom. The maximum atomic E-state index is 12.2. The van der Waals surface area contributed by atoms with Gasteiger partial charge in [0.05, 0.1) is 24.5 Å². The van der Waals surface area contributed by atoms with Crippen LogP contribution < -0.4 is 14.9 Å². The Morgan fingerprint density at radius 2 is 1.68 bits per heavy atom. The van der Waals surface area contributed by atoms with Gasteiger partial charge < -0.3 is 9.47 Å². The second-order valence-corrected chi connectivity index (χ2v) is 5.73. The number of methoxy groups -OCH3 is 1. The molecule has 0 aromatic heterocycles. The molecule has 3 aromatic carbocycles. The van der Waals surface area contributed by atoms with Crippen molar-refractivity contribution < 1.29 is 19.1 Å². The number of para-hydroxylation sites is 1. The fourth-order valence-electron chi connectivity index (χ4n) is 2.46. The van der Waals surface area contributed by atoms with E-state index >= 15 is 0 Å². The third kappa shape index (κ3) is 4.82. The molecule has 6 nitrogen and oxygen atoms in total. The minimum Gasteiger partial charge on any atom is -0.496 e. The van der Waals surface area contributed by atoms with Crippen molar-refractivity contribution in [3.05, 3.63) is 95.6 Å². The van der Waals surface area contributed by atoms with Gasteiger partial charge in [-0.15, -0.1) is 0 Å². The van der Waals surface area contributed by atoms with Crippen LogP contribution in [0.5, 0.6) is 11.5 Å². The number of hydrazone groups is 1. The highest BCUT2D eigenvalue weighted by molar-refractivity contribution is 5.97. The van der Waals surface area contributed by atoms with E-state index in [1.165, 1.54) is 13.3 Å². The van der Waals surface area contributed by atoms with E-state index < -0.39 is 5.97 Å². The normalized spacial score (nSPS) is 10.5. The molecule has 0 radical (unpaired) electrons. The van der Waals surface area contributed by atoms with Crippen molar-refractivity contribution in [3.63, 3.8) is 0 Å². The molecule has 0 aliphatic carbocycles. The Bertz CT molecular complexity index is 1000. The Kier molecular flexibility index (Phi) is 6.15. The number of nitrogens with zero attached hydrogens (tertiary/aromatic N) is 1. The van der Waals surface area contributed by atoms with Gasteiger partial charge in [-0.2, -0.15) is 5.10 Å². The number of amides is 1. The van der Waals surface area contributed by atoms with E-state index in [9.17, 15) is 9.59 Å². The van der Waals surface area contributed by atoms with Gasteiger partial charge in [0.15, 0.2) is 0 Å². The Balaban J connectivity index is 1.64. The zero-order chi connectivity index (χ0) is 19.8. The SMILES string of the molecule is COc1ccccc1C(=O)N/N=C/c1cccc(OC(=O)c2ccccc2)c1. The van der Waals surface area contributed by atoms with Crippen LogP contribution in [-0.4, -0.2) is 25.2 Å². The number of hydrogen-bond acceptors (Lipinski definition) is 5. The lowest BCUT2D eigenvalue weighted by Crippen LogP contribution is -2.18. The van der Waals surface area contributed by atoms with Gasteiger partial charge in [-0.05, 0) is 42.0 Å². The lowest BCUT2D eigenvalue weighted by molar-refractivity contribution is 0.0734. The standard InChI is InChI=1S/C22H18N2O4/c1-27-20-13-6-5-12-19(20)21(25)24-23-15-16-8-7-11-18(14-16)28-22(26)17-9-3-2-4-10-17/h2-15H,1H3,(H,24,25)/b23-15+. The summed E-state index contributed by atoms with van der Waals surface area (Å²) in [5.74, 6) is 0.0124. The first-order valence-corrected chi connectivity index (χ1v) is 8.51. The van der Waals surface area contributed by atoms with Gasteiger partial charge in [0, 0.05) is 0 Å². The largest absolute Gasteiger partial charge is 0.496 e. The highest BCUT2D eigenvalue weighted by atomic mass is 16.5. The molecule has 1 N–H and O–H groups in total. The lowest BCUT2D eigenvalue weighted by Gasteiger charge is -2.06. The van der Waals surface area contributed by atoms with Gasteiger partial charge in [0.2, 0.25) is 0 Å². The van der Waals surface area contributed by atoms with Crippen molar-refractivity contribution in [2.45, 2.75) is 0 Å². The van der Waals surface area contributed by atoms with Crippen molar-refractivity contribution >= 4 is 18.1 Å². The molecule has 28 heavy (non-hydrogen) atoms. The van der Waals surface area contributed by atoms with Crippen LogP contribution in [0.1, 0.15) is 26.3 Å². The highest BCUT2D eigenvalue weighted by Crippen LogP contribution is 2.17. The molecule has 6 heteroatoms. The van der Waals surface area contributed by atoms with E-state index in [1.54, 1.807) is 72.8 Å². The maximum Gasteiger partial charge on any atom is 0.343 e. The molecule has 0 fully saturated rings. The number of ether oxygens (including phenoxy) is 2. The second kappa shape index (κ2) is 9.14. The molecule has 3 rings (SSSR count). The predicted octanol–water partition coefficient (Wildman–Crippen LogP) is 3.68. The average Bonchev–Trinajstić information content (AvgIpc) is 2.74. The smallest absolute Gasteiger partial charge is 0.343 e. The van der Waals surface area contributed by atoms with E-state index in [0.29, 0.717) is 28.2 Å². The molecular formula is C22H18N2O4. The third-order valence-corrected chi connectivity index (χ3v) is 3.81. The summed E-state index contributed by atoms with van der Waals surface area (Å²) in [4.78, 5) is 24.3. The van der Waals surface area contributed by atoms with Gasteiger partial charge in [-0.3, -0.25) is 4.79 Å². The van der Waals surface area contributed by atoms with Crippen molar-refractivity contribution in [2.75, 3.05) is 7.11 Å². The highest BCUT2D eigenvalue weighted by Gasteiger charge is 2.10. The second-order valence-electron chi connectivity index (χ2n) is 5.73. The van der Waals surface area contributed by atoms with Crippen LogP contribution in [0, 0.1) is 0 Å². The molecule has 3 aromatic rings. The number of carbonyl (C=O) groups excluding carboxylic acids is 2. The number of carbonyl (C=O) groups is 2. The average molecular weight is 374 g/mol. The van der Waals surface area contributed by atoms with Gasteiger partial charge >= 0.3 is 5.97 Å². The first kappa shape index (κ1) is 18.8. The van der Waals surface area contributed by atoms with E-state index in [1.807, 2.05) is 6.07 Å². The molecule has 0 saturated heterocycles. The van der Waals surface area contributed by atoms with E-state index in [2.05, 4.69) is 10.5 Å². The summed E-state index contributed by atoms with van der Waals surface area (Å²) >= 11 is 0. The molecular weight excluding hydrogens is 356 g/mol. The number of benzene rings is 3. The molecule has 0 bridgehead atoms.